The molecule has 2 aromatic rings. The summed E-state index contributed by atoms with van der Waals surface area (Å²) < 4.78 is 51.2. The van der Waals surface area contributed by atoms with E-state index >= 15 is 0 Å². The van der Waals surface area contributed by atoms with Gasteiger partial charge in [0.2, 0.25) is 10.0 Å². The van der Waals surface area contributed by atoms with E-state index in [1.54, 1.807) is 0 Å². The first kappa shape index (κ1) is 16.9. The summed E-state index contributed by atoms with van der Waals surface area (Å²) in [6, 6.07) is 11.4. The van der Waals surface area contributed by atoms with Gasteiger partial charge in [-0.1, -0.05) is 24.3 Å². The fourth-order valence-electron chi connectivity index (χ4n) is 2.64. The Kier molecular flexibility index (Phi) is 4.84. The molecule has 0 bridgehead atoms. The maximum Gasteiger partial charge on any atom is 0.240 e. The third-order valence-corrected chi connectivity index (χ3v) is 5.40. The van der Waals surface area contributed by atoms with Gasteiger partial charge in [-0.25, -0.2) is 17.5 Å². The van der Waals surface area contributed by atoms with Crippen LogP contribution in [0.25, 0.3) is 0 Å². The van der Waals surface area contributed by atoms with Crippen molar-refractivity contribution in [1.82, 2.24) is 4.72 Å². The minimum Gasteiger partial charge on any atom is -0.494 e. The zero-order valence-electron chi connectivity index (χ0n) is 13.2. The quantitative estimate of drug-likeness (QED) is 0.897. The second-order valence-electron chi connectivity index (χ2n) is 5.55. The maximum atomic E-state index is 13.7. The zero-order valence-corrected chi connectivity index (χ0v) is 14.0. The van der Waals surface area contributed by atoms with E-state index in [-0.39, 0.29) is 23.3 Å². The molecule has 3 rings (SSSR count). The molecule has 0 saturated heterocycles. The number of hydrogen-bond acceptors (Lipinski definition) is 4. The minimum atomic E-state index is -3.81. The molecule has 128 valence electrons. The average Bonchev–Trinajstić information content (AvgIpc) is 2.60. The first-order chi connectivity index (χ1) is 11.5. The molecule has 5 nitrogen and oxygen atoms in total. The van der Waals surface area contributed by atoms with E-state index in [2.05, 4.69) is 4.72 Å². The molecule has 0 fully saturated rings. The summed E-state index contributed by atoms with van der Waals surface area (Å²) in [5, 5.41) is 0. The molecule has 0 amide bonds. The summed E-state index contributed by atoms with van der Waals surface area (Å²) in [6.45, 7) is 0.587. The number of fused-ring (bicyclic) bond motifs is 1. The third-order valence-electron chi connectivity index (χ3n) is 3.98. The molecule has 1 N–H and O–H groups in total. The van der Waals surface area contributed by atoms with Gasteiger partial charge >= 0.3 is 0 Å². The standard InChI is InChI=1S/C17H18FNO4S/c1-22-17-7-6-15(9-16(17)18)24(20,21)19-10-14-8-12-4-2-3-5-13(12)11-23-14/h2-7,9,14,19H,8,10-11H2,1H3. The number of ether oxygens (including phenoxy) is 2. The number of rotatable bonds is 5. The second-order valence-corrected chi connectivity index (χ2v) is 7.32. The van der Waals surface area contributed by atoms with Crippen LogP contribution < -0.4 is 9.46 Å². The molecule has 0 spiro atoms. The Morgan fingerprint density at radius 1 is 1.25 bits per heavy atom. The van der Waals surface area contributed by atoms with Crippen LogP contribution in [0.2, 0.25) is 0 Å². The van der Waals surface area contributed by atoms with Gasteiger partial charge in [0.15, 0.2) is 11.6 Å². The van der Waals surface area contributed by atoms with Crippen molar-refractivity contribution in [2.45, 2.75) is 24.0 Å². The van der Waals surface area contributed by atoms with Gasteiger partial charge < -0.3 is 9.47 Å². The molecule has 0 saturated carbocycles. The molecule has 1 atom stereocenters. The van der Waals surface area contributed by atoms with Crippen molar-refractivity contribution >= 4 is 10.0 Å². The van der Waals surface area contributed by atoms with Gasteiger partial charge in [0.05, 0.1) is 24.7 Å². The fraction of sp³-hybridized carbons (Fsp3) is 0.294. The molecule has 0 radical (unpaired) electrons. The number of hydrogen-bond donors (Lipinski definition) is 1. The van der Waals surface area contributed by atoms with Crippen LogP contribution >= 0.6 is 0 Å². The van der Waals surface area contributed by atoms with Crippen molar-refractivity contribution in [2.75, 3.05) is 13.7 Å². The lowest BCUT2D eigenvalue weighted by atomic mass is 9.99. The Labute approximate surface area is 140 Å². The molecule has 0 aliphatic carbocycles. The molecule has 0 aromatic heterocycles. The lowest BCUT2D eigenvalue weighted by molar-refractivity contribution is 0.0322. The van der Waals surface area contributed by atoms with Gasteiger partial charge in [0.25, 0.3) is 0 Å². The second kappa shape index (κ2) is 6.88. The van der Waals surface area contributed by atoms with Gasteiger partial charge in [-0.05, 0) is 29.3 Å². The van der Waals surface area contributed by atoms with Gasteiger partial charge in [0.1, 0.15) is 0 Å². The zero-order chi connectivity index (χ0) is 17.2. The van der Waals surface area contributed by atoms with E-state index in [1.165, 1.54) is 19.2 Å². The van der Waals surface area contributed by atoms with Gasteiger partial charge in [-0.2, -0.15) is 0 Å². The van der Waals surface area contributed by atoms with Crippen LogP contribution in [0.15, 0.2) is 47.4 Å². The van der Waals surface area contributed by atoms with E-state index < -0.39 is 15.8 Å². The van der Waals surface area contributed by atoms with Gasteiger partial charge in [-0.3, -0.25) is 0 Å². The highest BCUT2D eigenvalue weighted by atomic mass is 32.2. The van der Waals surface area contributed by atoms with Crippen LogP contribution in [-0.2, 0) is 27.8 Å². The molecule has 7 heteroatoms. The van der Waals surface area contributed by atoms with E-state index in [1.807, 2.05) is 24.3 Å². The lowest BCUT2D eigenvalue weighted by Crippen LogP contribution is -2.36. The van der Waals surface area contributed by atoms with Crippen LogP contribution in [0.4, 0.5) is 4.39 Å². The lowest BCUT2D eigenvalue weighted by Gasteiger charge is -2.25. The van der Waals surface area contributed by atoms with Crippen molar-refractivity contribution in [3.8, 4) is 5.75 Å². The van der Waals surface area contributed by atoms with Crippen LogP contribution in [0.1, 0.15) is 11.1 Å². The molecule has 24 heavy (non-hydrogen) atoms. The van der Waals surface area contributed by atoms with E-state index in [0.717, 1.165) is 17.2 Å². The Bertz CT molecular complexity index is 838. The predicted octanol–water partition coefficient (Wildman–Crippen LogP) is 2.25. The number of halogens is 1. The summed E-state index contributed by atoms with van der Waals surface area (Å²) in [7, 11) is -2.49. The number of benzene rings is 2. The van der Waals surface area contributed by atoms with E-state index in [9.17, 15) is 12.8 Å². The van der Waals surface area contributed by atoms with Crippen LogP contribution in [0.3, 0.4) is 0 Å². The minimum absolute atomic E-state index is 0.00108. The smallest absolute Gasteiger partial charge is 0.240 e. The van der Waals surface area contributed by atoms with Gasteiger partial charge in [0, 0.05) is 13.0 Å². The van der Waals surface area contributed by atoms with Crippen LogP contribution in [-0.4, -0.2) is 28.2 Å². The SMILES string of the molecule is COc1ccc(S(=O)(=O)NCC2Cc3ccccc3CO2)cc1F. The molecular formula is C17H18FNO4S. The summed E-state index contributed by atoms with van der Waals surface area (Å²) in [4.78, 5) is -0.142. The third kappa shape index (κ3) is 3.58. The number of sulfonamides is 1. The highest BCUT2D eigenvalue weighted by Crippen LogP contribution is 2.22. The largest absolute Gasteiger partial charge is 0.494 e. The summed E-state index contributed by atoms with van der Waals surface area (Å²) in [5.74, 6) is -0.718. The van der Waals surface area contributed by atoms with Crippen LogP contribution in [0.5, 0.6) is 5.75 Å². The topological polar surface area (TPSA) is 64.6 Å². The van der Waals surface area contributed by atoms with E-state index in [0.29, 0.717) is 13.0 Å². The van der Waals surface area contributed by atoms with Crippen LogP contribution in [0, 0.1) is 5.82 Å². The van der Waals surface area contributed by atoms with Crippen molar-refractivity contribution < 1.29 is 22.3 Å². The van der Waals surface area contributed by atoms with Gasteiger partial charge in [-0.15, -0.1) is 0 Å². The van der Waals surface area contributed by atoms with Crippen molar-refractivity contribution in [1.29, 1.82) is 0 Å². The number of methoxy groups -OCH3 is 1. The Hall–Kier alpha value is -1.96. The summed E-state index contributed by atoms with van der Waals surface area (Å²) >= 11 is 0. The molecular weight excluding hydrogens is 333 g/mol. The molecule has 1 aliphatic rings. The summed E-state index contributed by atoms with van der Waals surface area (Å²) in [5.41, 5.74) is 2.28. The molecule has 2 aromatic carbocycles. The monoisotopic (exact) mass is 351 g/mol. The van der Waals surface area contributed by atoms with Crippen molar-refractivity contribution in [2.24, 2.45) is 0 Å². The normalized spacial score (nSPS) is 17.3. The highest BCUT2D eigenvalue weighted by molar-refractivity contribution is 7.89. The Balaban J connectivity index is 1.67. The van der Waals surface area contributed by atoms with Crippen molar-refractivity contribution in [3.63, 3.8) is 0 Å². The maximum absolute atomic E-state index is 13.7. The Morgan fingerprint density at radius 2 is 2.00 bits per heavy atom. The van der Waals surface area contributed by atoms with E-state index in [4.69, 9.17) is 9.47 Å². The highest BCUT2D eigenvalue weighted by Gasteiger charge is 2.22. The van der Waals surface area contributed by atoms with Crippen molar-refractivity contribution in [3.05, 3.63) is 59.4 Å². The summed E-state index contributed by atoms with van der Waals surface area (Å²) in [6.07, 6.45) is 0.383. The number of nitrogens with one attached hydrogen (secondary N) is 1. The first-order valence-corrected chi connectivity index (χ1v) is 8.99. The molecule has 1 heterocycles. The predicted molar refractivity (Wildman–Crippen MR) is 86.9 cm³/mol. The molecule has 1 aliphatic heterocycles. The first-order valence-electron chi connectivity index (χ1n) is 7.51. The molecule has 1 unspecified atom stereocenters. The average molecular weight is 351 g/mol. The fourth-order valence-corrected chi connectivity index (χ4v) is 3.72. The Morgan fingerprint density at radius 3 is 2.71 bits per heavy atom.